The maximum absolute atomic E-state index is 12.3. The van der Waals surface area contributed by atoms with Gasteiger partial charge in [-0.3, -0.25) is 4.79 Å². The number of hydrogen-bond acceptors (Lipinski definition) is 6. The Morgan fingerprint density at radius 2 is 2.05 bits per heavy atom. The van der Waals surface area contributed by atoms with Crippen molar-refractivity contribution in [2.45, 2.75) is 24.6 Å². The highest BCUT2D eigenvalue weighted by Gasteiger charge is 2.26. The van der Waals surface area contributed by atoms with Crippen LogP contribution in [0.5, 0.6) is 0 Å². The number of thiazole rings is 2. The zero-order chi connectivity index (χ0) is 14.2. The summed E-state index contributed by atoms with van der Waals surface area (Å²) in [4.78, 5) is 18.3. The summed E-state index contributed by atoms with van der Waals surface area (Å²) >= 11 is 2.17. The van der Waals surface area contributed by atoms with E-state index in [9.17, 15) is 13.2 Å². The van der Waals surface area contributed by atoms with Crippen LogP contribution in [-0.2, 0) is 16.6 Å². The second-order valence-corrected chi connectivity index (χ2v) is 8.58. The van der Waals surface area contributed by atoms with Gasteiger partial charge < -0.3 is 4.98 Å². The van der Waals surface area contributed by atoms with E-state index in [4.69, 9.17) is 0 Å². The molecule has 0 spiro atoms. The van der Waals surface area contributed by atoms with E-state index in [1.807, 2.05) is 6.92 Å². The topological polar surface area (TPSA) is 83.1 Å². The van der Waals surface area contributed by atoms with Gasteiger partial charge in [-0.1, -0.05) is 11.3 Å². The molecule has 9 heteroatoms. The Morgan fingerprint density at radius 1 is 1.37 bits per heavy atom. The third-order valence-corrected chi connectivity index (χ3v) is 6.76. The second-order valence-electron chi connectivity index (χ2n) is 4.03. The number of nitrogens with zero attached hydrogens (tertiary/aromatic N) is 2. The van der Waals surface area contributed by atoms with Crippen LogP contribution < -0.4 is 4.87 Å². The maximum Gasteiger partial charge on any atom is 0.305 e. The van der Waals surface area contributed by atoms with Gasteiger partial charge in [-0.25, -0.2) is 13.4 Å². The molecule has 6 nitrogen and oxygen atoms in total. The molecule has 0 aliphatic rings. The van der Waals surface area contributed by atoms with Crippen molar-refractivity contribution in [1.29, 1.82) is 0 Å². The fourth-order valence-corrected chi connectivity index (χ4v) is 5.13. The van der Waals surface area contributed by atoms with Gasteiger partial charge in [0.05, 0.1) is 5.01 Å². The van der Waals surface area contributed by atoms with Crippen LogP contribution in [0.4, 0.5) is 0 Å². The summed E-state index contributed by atoms with van der Waals surface area (Å²) in [6.07, 6.45) is 1.67. The standard InChI is InChI=1S/C10H13N3O3S3/c1-6-9(18-10(14)12-6)19(15,16)13(3)5-8-4-11-7(2)17-8/h4H,5H2,1-3H3,(H,12,14). The van der Waals surface area contributed by atoms with Crippen LogP contribution in [0.2, 0.25) is 0 Å². The second kappa shape index (κ2) is 5.16. The molecular formula is C10H13N3O3S3. The number of aromatic amines is 1. The monoisotopic (exact) mass is 319 g/mol. The van der Waals surface area contributed by atoms with Gasteiger partial charge >= 0.3 is 4.87 Å². The molecule has 0 unspecified atom stereocenters. The number of aryl methyl sites for hydroxylation is 2. The molecule has 0 fully saturated rings. The Morgan fingerprint density at radius 3 is 2.53 bits per heavy atom. The molecule has 0 saturated heterocycles. The van der Waals surface area contributed by atoms with E-state index >= 15 is 0 Å². The quantitative estimate of drug-likeness (QED) is 0.921. The lowest BCUT2D eigenvalue weighted by Crippen LogP contribution is -2.26. The van der Waals surface area contributed by atoms with Gasteiger partial charge in [0.25, 0.3) is 10.0 Å². The van der Waals surface area contributed by atoms with Crippen molar-refractivity contribution in [1.82, 2.24) is 14.3 Å². The summed E-state index contributed by atoms with van der Waals surface area (Å²) in [5.41, 5.74) is 0.377. The molecule has 0 atom stereocenters. The minimum absolute atomic E-state index is 0.0706. The number of rotatable bonds is 4. The first kappa shape index (κ1) is 14.4. The number of aromatic nitrogens is 2. The van der Waals surface area contributed by atoms with E-state index in [-0.39, 0.29) is 15.6 Å². The molecule has 2 aromatic heterocycles. The van der Waals surface area contributed by atoms with E-state index in [1.54, 1.807) is 13.1 Å². The zero-order valence-electron chi connectivity index (χ0n) is 10.6. The lowest BCUT2D eigenvalue weighted by Gasteiger charge is -2.14. The molecule has 0 aliphatic carbocycles. The highest BCUT2D eigenvalue weighted by molar-refractivity contribution is 7.91. The number of H-pyrrole nitrogens is 1. The largest absolute Gasteiger partial charge is 0.315 e. The first-order valence-corrected chi connectivity index (χ1v) is 8.45. The Bertz CT molecular complexity index is 741. The third-order valence-electron chi connectivity index (χ3n) is 2.47. The Kier molecular flexibility index (Phi) is 3.90. The SMILES string of the molecule is Cc1ncc(CN(C)S(=O)(=O)c2sc(=O)[nH]c2C)s1. The van der Waals surface area contributed by atoms with E-state index in [1.165, 1.54) is 22.7 Å². The smallest absolute Gasteiger partial charge is 0.305 e. The predicted molar refractivity (Wildman–Crippen MR) is 75.2 cm³/mol. The Hall–Kier alpha value is -1.03. The highest BCUT2D eigenvalue weighted by Crippen LogP contribution is 2.23. The van der Waals surface area contributed by atoms with Crippen molar-refractivity contribution in [3.05, 3.63) is 31.4 Å². The lowest BCUT2D eigenvalue weighted by atomic mass is 10.5. The molecule has 19 heavy (non-hydrogen) atoms. The van der Waals surface area contributed by atoms with Crippen LogP contribution in [0.3, 0.4) is 0 Å². The van der Waals surface area contributed by atoms with Gasteiger partial charge in [0.15, 0.2) is 4.21 Å². The molecule has 2 aromatic rings. The summed E-state index contributed by atoms with van der Waals surface area (Å²) in [5.74, 6) is 0. The van der Waals surface area contributed by atoms with E-state index in [0.29, 0.717) is 17.0 Å². The van der Waals surface area contributed by atoms with Crippen molar-refractivity contribution >= 4 is 32.7 Å². The number of hydrogen-bond donors (Lipinski definition) is 1. The molecule has 0 aromatic carbocycles. The van der Waals surface area contributed by atoms with Crippen LogP contribution in [0.1, 0.15) is 15.6 Å². The predicted octanol–water partition coefficient (Wildman–Crippen LogP) is 1.33. The van der Waals surface area contributed by atoms with E-state index in [0.717, 1.165) is 9.88 Å². The van der Waals surface area contributed by atoms with Crippen LogP contribution >= 0.6 is 22.7 Å². The number of nitrogens with one attached hydrogen (secondary N) is 1. The first-order chi connectivity index (χ1) is 8.80. The summed E-state index contributed by atoms with van der Waals surface area (Å²) < 4.78 is 26.0. The average molecular weight is 319 g/mol. The van der Waals surface area contributed by atoms with Gasteiger partial charge in [0, 0.05) is 30.4 Å². The van der Waals surface area contributed by atoms with Crippen LogP contribution in [0, 0.1) is 13.8 Å². The van der Waals surface area contributed by atoms with E-state index in [2.05, 4.69) is 9.97 Å². The Labute approximate surface area is 118 Å². The van der Waals surface area contributed by atoms with Crippen molar-refractivity contribution in [2.75, 3.05) is 7.05 Å². The summed E-state index contributed by atoms with van der Waals surface area (Å²) in [5, 5.41) is 0.892. The van der Waals surface area contributed by atoms with Gasteiger partial charge in [-0.2, -0.15) is 4.31 Å². The van der Waals surface area contributed by atoms with Crippen LogP contribution in [-0.4, -0.2) is 29.7 Å². The maximum atomic E-state index is 12.3. The molecule has 0 bridgehead atoms. The molecule has 104 valence electrons. The van der Waals surface area contributed by atoms with Crippen molar-refractivity contribution in [2.24, 2.45) is 0 Å². The molecular weight excluding hydrogens is 306 g/mol. The lowest BCUT2D eigenvalue weighted by molar-refractivity contribution is 0.470. The van der Waals surface area contributed by atoms with Crippen LogP contribution in [0.15, 0.2) is 15.2 Å². The average Bonchev–Trinajstić information content (AvgIpc) is 2.85. The van der Waals surface area contributed by atoms with Crippen molar-refractivity contribution < 1.29 is 8.42 Å². The summed E-state index contributed by atoms with van der Waals surface area (Å²) in [7, 11) is -2.14. The normalized spacial score (nSPS) is 12.2. The zero-order valence-corrected chi connectivity index (χ0v) is 13.1. The molecule has 0 radical (unpaired) electrons. The van der Waals surface area contributed by atoms with Crippen molar-refractivity contribution in [3.8, 4) is 0 Å². The first-order valence-electron chi connectivity index (χ1n) is 5.38. The molecule has 0 aliphatic heterocycles. The molecule has 0 saturated carbocycles. The summed E-state index contributed by atoms with van der Waals surface area (Å²) in [6.45, 7) is 3.69. The van der Waals surface area contributed by atoms with Crippen molar-refractivity contribution in [3.63, 3.8) is 0 Å². The number of sulfonamides is 1. The van der Waals surface area contributed by atoms with Gasteiger partial charge in [-0.15, -0.1) is 11.3 Å². The summed E-state index contributed by atoms with van der Waals surface area (Å²) in [6, 6.07) is 0. The van der Waals surface area contributed by atoms with Gasteiger partial charge in [-0.05, 0) is 13.8 Å². The molecule has 1 N–H and O–H groups in total. The third kappa shape index (κ3) is 2.94. The van der Waals surface area contributed by atoms with Crippen LogP contribution in [0.25, 0.3) is 0 Å². The minimum atomic E-state index is -3.64. The van der Waals surface area contributed by atoms with E-state index < -0.39 is 10.0 Å². The molecule has 2 rings (SSSR count). The van der Waals surface area contributed by atoms with Gasteiger partial charge in [0.1, 0.15) is 0 Å². The van der Waals surface area contributed by atoms with Gasteiger partial charge in [0.2, 0.25) is 0 Å². The molecule has 0 amide bonds. The minimum Gasteiger partial charge on any atom is -0.315 e. The highest BCUT2D eigenvalue weighted by atomic mass is 32.2. The Balaban J connectivity index is 2.29. The fraction of sp³-hybridized carbons (Fsp3) is 0.400. The molecule has 2 heterocycles. The fourth-order valence-electron chi connectivity index (χ4n) is 1.56.